The number of hydrogen-bond acceptors (Lipinski definition) is 2. The molecule has 0 amide bonds. The molecule has 2 nitrogen and oxygen atoms in total. The van der Waals surface area contributed by atoms with Crippen LogP contribution >= 0.6 is 22.6 Å². The van der Waals surface area contributed by atoms with Crippen molar-refractivity contribution in [1.82, 2.24) is 0 Å². The van der Waals surface area contributed by atoms with Crippen LogP contribution in [0.1, 0.15) is 0 Å². The van der Waals surface area contributed by atoms with Crippen LogP contribution in [0.25, 0.3) is 0 Å². The van der Waals surface area contributed by atoms with Crippen LogP contribution in [0.2, 0.25) is 0 Å². The zero-order valence-corrected chi connectivity index (χ0v) is 18.4. The van der Waals surface area contributed by atoms with E-state index < -0.39 is 31.6 Å². The molecule has 3 aromatic rings. The maximum absolute atomic E-state index is 13.0. The Kier molecular flexibility index (Phi) is 4.06. The summed E-state index contributed by atoms with van der Waals surface area (Å²) in [6.45, 7) is 0. The number of hydrogen-bond donors (Lipinski definition) is 0. The average Bonchev–Trinajstić information content (AvgIpc) is 2.57. The molecule has 1 heterocycles. The minimum atomic E-state index is -3.40. The quantitative estimate of drug-likeness (QED) is 0.239. The Morgan fingerprint density at radius 1 is 0.696 bits per heavy atom. The van der Waals surface area contributed by atoms with Gasteiger partial charge in [0.2, 0.25) is 0 Å². The number of halogens is 1. The Bertz CT molecular complexity index is 944. The van der Waals surface area contributed by atoms with E-state index in [0.29, 0.717) is 9.79 Å². The summed E-state index contributed by atoms with van der Waals surface area (Å²) in [5.41, 5.74) is 0. The van der Waals surface area contributed by atoms with Gasteiger partial charge >= 0.3 is 159 Å². The Labute approximate surface area is 157 Å². The maximum atomic E-state index is 13.0. The van der Waals surface area contributed by atoms with Crippen LogP contribution in [0.3, 0.4) is 0 Å². The molecule has 0 saturated heterocycles. The summed E-state index contributed by atoms with van der Waals surface area (Å²) in [7, 11) is -3.40. The van der Waals surface area contributed by atoms with Gasteiger partial charge in [0.25, 0.3) is 0 Å². The predicted octanol–water partition coefficient (Wildman–Crippen LogP) is 1.95. The molecule has 23 heavy (non-hydrogen) atoms. The SMILES string of the molecule is O=S1(=O)c2cccc[c]2[Bi]([c]2ccc(I)cc2)[c]2ccccc21. The van der Waals surface area contributed by atoms with Crippen LogP contribution in [0.4, 0.5) is 0 Å². The van der Waals surface area contributed by atoms with Gasteiger partial charge in [-0.05, 0) is 0 Å². The van der Waals surface area contributed by atoms with E-state index in [4.69, 9.17) is 0 Å². The molecular weight excluding hydrogens is 616 g/mol. The Morgan fingerprint density at radius 3 is 1.70 bits per heavy atom. The van der Waals surface area contributed by atoms with E-state index in [1.54, 1.807) is 12.1 Å². The molecule has 0 unspecified atom stereocenters. The molecule has 1 aliphatic rings. The Balaban J connectivity index is 2.06. The summed E-state index contributed by atoms with van der Waals surface area (Å²) >= 11 is -0.264. The molecule has 0 aromatic heterocycles. The van der Waals surface area contributed by atoms with Crippen molar-refractivity contribution in [3.63, 3.8) is 0 Å². The number of fused-ring (bicyclic) bond motifs is 2. The molecule has 4 rings (SSSR count). The van der Waals surface area contributed by atoms with Crippen LogP contribution in [0.15, 0.2) is 82.6 Å². The van der Waals surface area contributed by atoms with Crippen LogP contribution in [0, 0.1) is 3.57 Å². The van der Waals surface area contributed by atoms with Crippen molar-refractivity contribution in [2.24, 2.45) is 0 Å². The first-order valence-corrected chi connectivity index (χ1v) is 14.9. The van der Waals surface area contributed by atoms with Gasteiger partial charge in [0.1, 0.15) is 0 Å². The van der Waals surface area contributed by atoms with E-state index in [9.17, 15) is 8.42 Å². The minimum absolute atomic E-state index is 0.509. The summed E-state index contributed by atoms with van der Waals surface area (Å²) in [6, 6.07) is 23.7. The first kappa shape index (κ1) is 15.7. The van der Waals surface area contributed by atoms with Gasteiger partial charge in [0.05, 0.1) is 0 Å². The van der Waals surface area contributed by atoms with Crippen molar-refractivity contribution in [2.75, 3.05) is 0 Å². The van der Waals surface area contributed by atoms with Crippen molar-refractivity contribution < 1.29 is 8.42 Å². The summed E-state index contributed by atoms with van der Waals surface area (Å²) in [5.74, 6) is 0. The molecule has 3 aromatic carbocycles. The van der Waals surface area contributed by atoms with E-state index in [1.807, 2.05) is 36.4 Å². The van der Waals surface area contributed by atoms with E-state index in [-0.39, 0.29) is 0 Å². The van der Waals surface area contributed by atoms with Gasteiger partial charge in [0, 0.05) is 0 Å². The predicted molar refractivity (Wildman–Crippen MR) is 102 cm³/mol. The molecule has 0 radical (unpaired) electrons. The summed E-state index contributed by atoms with van der Waals surface area (Å²) in [5, 5.41) is 0. The zero-order valence-electron chi connectivity index (χ0n) is 12.0. The van der Waals surface area contributed by atoms with Crippen LogP contribution in [-0.2, 0) is 9.84 Å². The van der Waals surface area contributed by atoms with Gasteiger partial charge < -0.3 is 0 Å². The second kappa shape index (κ2) is 5.94. The van der Waals surface area contributed by atoms with Crippen molar-refractivity contribution in [1.29, 1.82) is 0 Å². The second-order valence-corrected chi connectivity index (χ2v) is 16.7. The Hall–Kier alpha value is -0.777. The van der Waals surface area contributed by atoms with E-state index in [0.717, 1.165) is 6.54 Å². The third-order valence-corrected chi connectivity index (χ3v) is 17.6. The standard InChI is InChI=1S/C12H8O2S.C6H4I.Bi/c13-15(14,11-7-3-1-4-8-11)12-9-5-2-6-10-12;7-6-4-2-1-3-5-6;/h1-7,9H;2-5H;. The topological polar surface area (TPSA) is 34.1 Å². The number of sulfone groups is 1. The van der Waals surface area contributed by atoms with Gasteiger partial charge in [-0.3, -0.25) is 0 Å². The van der Waals surface area contributed by atoms with Crippen molar-refractivity contribution in [3.8, 4) is 0 Å². The summed E-state index contributed by atoms with van der Waals surface area (Å²) < 4.78 is 30.5. The molecule has 5 heteroatoms. The van der Waals surface area contributed by atoms with Crippen LogP contribution in [0.5, 0.6) is 0 Å². The van der Waals surface area contributed by atoms with Gasteiger partial charge in [-0.25, -0.2) is 0 Å². The molecule has 0 fully saturated rings. The molecule has 0 bridgehead atoms. The first-order chi connectivity index (χ1) is 11.1. The van der Waals surface area contributed by atoms with Gasteiger partial charge in [-0.15, -0.1) is 0 Å². The van der Waals surface area contributed by atoms with E-state index >= 15 is 0 Å². The molecular formula is C18H12BiIO2S. The van der Waals surface area contributed by atoms with E-state index in [2.05, 4.69) is 46.9 Å². The van der Waals surface area contributed by atoms with Gasteiger partial charge in [-0.1, -0.05) is 0 Å². The first-order valence-electron chi connectivity index (χ1n) is 7.08. The van der Waals surface area contributed by atoms with Crippen LogP contribution < -0.4 is 9.81 Å². The van der Waals surface area contributed by atoms with Crippen molar-refractivity contribution in [2.45, 2.75) is 9.79 Å². The second-order valence-electron chi connectivity index (χ2n) is 5.25. The third kappa shape index (κ3) is 2.57. The fourth-order valence-corrected chi connectivity index (χ4v) is 18.1. The number of rotatable bonds is 1. The summed E-state index contributed by atoms with van der Waals surface area (Å²) in [4.78, 5) is 1.02. The van der Waals surface area contributed by atoms with Crippen molar-refractivity contribution >= 4 is 64.0 Å². The molecule has 0 saturated carbocycles. The molecule has 0 atom stereocenters. The molecule has 0 spiro atoms. The summed E-state index contributed by atoms with van der Waals surface area (Å²) in [6.07, 6.45) is 0. The molecule has 0 N–H and O–H groups in total. The zero-order chi connectivity index (χ0) is 16.0. The average molecular weight is 628 g/mol. The van der Waals surface area contributed by atoms with E-state index in [1.165, 1.54) is 6.84 Å². The normalized spacial score (nSPS) is 15.7. The van der Waals surface area contributed by atoms with Crippen LogP contribution in [-0.4, -0.2) is 30.2 Å². The molecule has 0 aliphatic carbocycles. The van der Waals surface area contributed by atoms with Gasteiger partial charge in [-0.2, -0.15) is 0 Å². The van der Waals surface area contributed by atoms with Gasteiger partial charge in [0.15, 0.2) is 0 Å². The fourth-order valence-electron chi connectivity index (χ4n) is 2.85. The fraction of sp³-hybridized carbons (Fsp3) is 0. The van der Waals surface area contributed by atoms with Crippen molar-refractivity contribution in [3.05, 3.63) is 76.4 Å². The molecule has 1 aliphatic heterocycles. The third-order valence-electron chi connectivity index (χ3n) is 3.88. The molecule has 114 valence electrons. The number of benzene rings is 3. The Morgan fingerprint density at radius 2 is 1.17 bits per heavy atom. The monoisotopic (exact) mass is 628 g/mol.